The highest BCUT2D eigenvalue weighted by atomic mass is 19.4. The molecule has 26 heteroatoms. The van der Waals surface area contributed by atoms with Crippen LogP contribution in [0.4, 0.5) is 117 Å². The molecule has 2 aromatic rings. The van der Waals surface area contributed by atoms with E-state index in [1.165, 1.54) is 27.7 Å². The Labute approximate surface area is 388 Å². The minimum atomic E-state index is -7.75. The molecular weight excluding hydrogens is 1010 g/mol. The highest BCUT2D eigenvalue weighted by Gasteiger charge is 2.90. The van der Waals surface area contributed by atoms with Crippen molar-refractivity contribution in [2.24, 2.45) is 0 Å². The summed E-state index contributed by atoms with van der Waals surface area (Å²) in [6.07, 6.45) is -2.67. The van der Waals surface area contributed by atoms with E-state index in [2.05, 4.69) is 0 Å². The fraction of sp³-hybridized carbons (Fsp3) is 0.636. The molecule has 3 rings (SSSR count). The van der Waals surface area contributed by atoms with E-state index in [1.807, 2.05) is 41.5 Å². The quantitative estimate of drug-likeness (QED) is 0.155. The number of aryl methyl sites for hydroxylation is 4. The molecule has 0 spiro atoms. The van der Waals surface area contributed by atoms with E-state index in [4.69, 9.17) is 0 Å². The van der Waals surface area contributed by atoms with Crippen LogP contribution in [0.25, 0.3) is 12.2 Å². The van der Waals surface area contributed by atoms with Crippen LogP contribution in [0.15, 0.2) is 36.4 Å². The molecule has 1 aliphatic heterocycles. The first-order chi connectivity index (χ1) is 31.2. The Morgan fingerprint density at radius 2 is 0.571 bits per heavy atom. The number of halogens is 24. The van der Waals surface area contributed by atoms with Crippen molar-refractivity contribution >= 4 is 23.5 Å². The van der Waals surface area contributed by atoms with Crippen LogP contribution in [-0.4, -0.2) is 90.3 Å². The average molecular weight is 1060 g/mol. The van der Waals surface area contributed by atoms with Gasteiger partial charge in [0.15, 0.2) is 0 Å². The Balaban J connectivity index is 0.00000762. The second-order valence-electron chi connectivity index (χ2n) is 15.3. The van der Waals surface area contributed by atoms with Gasteiger partial charge in [-0.2, -0.15) is 105 Å². The largest absolute Gasteiger partial charge is 0.385 e. The van der Waals surface area contributed by atoms with E-state index < -0.39 is 114 Å². The van der Waals surface area contributed by atoms with Crippen LogP contribution in [0.5, 0.6) is 0 Å². The van der Waals surface area contributed by atoms with Gasteiger partial charge in [-0.05, 0) is 104 Å². The molecule has 0 N–H and O–H groups in total. The fourth-order valence-electron chi connectivity index (χ4n) is 6.80. The highest BCUT2D eigenvalue weighted by Crippen LogP contribution is 2.62. The van der Waals surface area contributed by atoms with Gasteiger partial charge >= 0.3 is 71.1 Å². The molecule has 0 unspecified atom stereocenters. The highest BCUT2D eigenvalue weighted by molar-refractivity contribution is 5.71. The summed E-state index contributed by atoms with van der Waals surface area (Å²) in [7, 11) is 0. The third kappa shape index (κ3) is 11.1. The van der Waals surface area contributed by atoms with Gasteiger partial charge in [-0.25, -0.2) is 0 Å². The second-order valence-corrected chi connectivity index (χ2v) is 15.3. The third-order valence-corrected chi connectivity index (χ3v) is 10.4. The van der Waals surface area contributed by atoms with E-state index in [1.54, 1.807) is 16.7 Å². The first-order valence-corrected chi connectivity index (χ1v) is 20.8. The van der Waals surface area contributed by atoms with Crippen molar-refractivity contribution in [2.75, 3.05) is 22.9 Å². The predicted molar refractivity (Wildman–Crippen MR) is 219 cm³/mol. The summed E-state index contributed by atoms with van der Waals surface area (Å²) in [6, 6.07) is 4.05. The zero-order valence-electron chi connectivity index (χ0n) is 39.6. The molecule has 1 heterocycles. The Hall–Kier alpha value is -4.16. The number of anilines is 2. The van der Waals surface area contributed by atoms with Gasteiger partial charge in [0.1, 0.15) is 0 Å². The zero-order valence-corrected chi connectivity index (χ0v) is 39.6. The van der Waals surface area contributed by atoms with Gasteiger partial charge in [0.05, 0.1) is 6.17 Å². The van der Waals surface area contributed by atoms with E-state index in [9.17, 15) is 105 Å². The van der Waals surface area contributed by atoms with E-state index in [0.29, 0.717) is 11.4 Å². The fourth-order valence-corrected chi connectivity index (χ4v) is 6.80. The van der Waals surface area contributed by atoms with Crippen LogP contribution in [0.2, 0.25) is 0 Å². The van der Waals surface area contributed by atoms with Crippen molar-refractivity contribution in [3.63, 3.8) is 0 Å². The SMILES string of the molecule is CC.CC.CC.Cc1cc(/C=C/C(F)(F)C(F)(F)C(F)(F)C(F)(F)C(F)(F)C(C)(F)F)cc(C)c1N1CCN(c2c(C)cc(/C=C/C(F)(F)C(F)(F)C(F)(F)C(F)(F)C(F)(F)C(C)(F)F)cc2C)C1C. The summed E-state index contributed by atoms with van der Waals surface area (Å²) in [5.74, 6) is -85.0. The van der Waals surface area contributed by atoms with Crippen LogP contribution < -0.4 is 9.80 Å². The summed E-state index contributed by atoms with van der Waals surface area (Å²) in [6.45, 7) is 17.1. The maximum Gasteiger partial charge on any atom is 0.385 e. The van der Waals surface area contributed by atoms with Crippen LogP contribution in [0.3, 0.4) is 0 Å². The van der Waals surface area contributed by atoms with E-state index in [0.717, 1.165) is 24.3 Å². The monoisotopic (exact) mass is 1060 g/mol. The first-order valence-electron chi connectivity index (χ1n) is 20.8. The van der Waals surface area contributed by atoms with Crippen molar-refractivity contribution in [3.8, 4) is 0 Å². The normalized spacial score (nSPS) is 15.7. The van der Waals surface area contributed by atoms with Crippen molar-refractivity contribution < 1.29 is 105 Å². The van der Waals surface area contributed by atoms with Crippen LogP contribution in [-0.2, 0) is 0 Å². The van der Waals surface area contributed by atoms with Gasteiger partial charge in [-0.1, -0.05) is 53.7 Å². The Kier molecular flexibility index (Phi) is 20.2. The molecule has 0 bridgehead atoms. The maximum absolute atomic E-state index is 14.5. The Morgan fingerprint density at radius 3 is 0.771 bits per heavy atom. The lowest BCUT2D eigenvalue weighted by Gasteiger charge is -2.40. The molecule has 0 amide bonds. The van der Waals surface area contributed by atoms with Crippen LogP contribution in [0.1, 0.15) is 95.7 Å². The second kappa shape index (κ2) is 21.5. The van der Waals surface area contributed by atoms with E-state index in [-0.39, 0.29) is 47.5 Å². The molecule has 406 valence electrons. The summed E-state index contributed by atoms with van der Waals surface area (Å²) in [5.41, 5.74) is 0.349. The molecular formula is C44H52F24N2. The Morgan fingerprint density at radius 1 is 0.371 bits per heavy atom. The smallest absolute Gasteiger partial charge is 0.349 e. The Bertz CT molecular complexity index is 1920. The average Bonchev–Trinajstić information content (AvgIpc) is 3.58. The van der Waals surface area contributed by atoms with Crippen molar-refractivity contribution in [1.29, 1.82) is 0 Å². The summed E-state index contributed by atoms with van der Waals surface area (Å²) >= 11 is 0. The number of hydrogen-bond donors (Lipinski definition) is 0. The standard InChI is InChI=1S/C38H34F24N2.3C2H6/c1-18-14-23(8-10-29(43,44)33(51,52)37(59,60)35(55,56)31(47,48)27(6,39)40)15-19(2)25(18)63-12-13-64(22(63)5)26-20(3)16-24(17-21(26)4)9-11-30(45,46)34(53,54)38(61,62)36(57,58)32(49,50)28(7,41)42;3*1-2/h8-11,14-17,22H,12-13H2,1-7H3;3*1-2H3/b10-8+,11-9+;;;. The minimum Gasteiger partial charge on any atom is -0.349 e. The number of alkyl halides is 24. The number of nitrogens with zero attached hydrogens (tertiary/aromatic N) is 2. The molecule has 1 aliphatic rings. The lowest BCUT2D eigenvalue weighted by Crippen LogP contribution is -2.70. The third-order valence-electron chi connectivity index (χ3n) is 10.4. The molecule has 0 aromatic heterocycles. The maximum atomic E-state index is 14.5. The molecule has 2 aromatic carbocycles. The van der Waals surface area contributed by atoms with Crippen molar-refractivity contribution in [3.05, 3.63) is 69.8 Å². The summed E-state index contributed by atoms with van der Waals surface area (Å²) < 4.78 is 334. The molecule has 0 aliphatic carbocycles. The van der Waals surface area contributed by atoms with Gasteiger partial charge in [0, 0.05) is 38.3 Å². The number of allylic oxidation sites excluding steroid dienone is 2. The summed E-state index contributed by atoms with van der Waals surface area (Å²) in [5, 5.41) is 0. The topological polar surface area (TPSA) is 6.48 Å². The van der Waals surface area contributed by atoms with Gasteiger partial charge in [0.2, 0.25) is 0 Å². The van der Waals surface area contributed by atoms with Gasteiger partial charge in [-0.3, -0.25) is 0 Å². The number of rotatable bonds is 16. The van der Waals surface area contributed by atoms with Gasteiger partial charge < -0.3 is 9.80 Å². The lowest BCUT2D eigenvalue weighted by molar-refractivity contribution is -0.418. The number of benzene rings is 2. The van der Waals surface area contributed by atoms with Crippen molar-refractivity contribution in [1.82, 2.24) is 0 Å². The van der Waals surface area contributed by atoms with Crippen LogP contribution in [0, 0.1) is 27.7 Å². The lowest BCUT2D eigenvalue weighted by atomic mass is 9.91. The molecule has 2 nitrogen and oxygen atoms in total. The first kappa shape index (κ1) is 65.8. The van der Waals surface area contributed by atoms with Crippen LogP contribution >= 0.6 is 0 Å². The zero-order chi connectivity index (χ0) is 56.4. The van der Waals surface area contributed by atoms with Gasteiger partial charge in [0.25, 0.3) is 0 Å². The molecule has 0 radical (unpaired) electrons. The van der Waals surface area contributed by atoms with Crippen molar-refractivity contribution in [2.45, 2.75) is 167 Å². The molecule has 70 heavy (non-hydrogen) atoms. The van der Waals surface area contributed by atoms with Gasteiger partial charge in [-0.15, -0.1) is 0 Å². The molecule has 0 saturated carbocycles. The summed E-state index contributed by atoms with van der Waals surface area (Å²) in [4.78, 5) is 3.30. The molecule has 1 saturated heterocycles. The minimum absolute atomic E-state index is 0.0465. The molecule has 0 atom stereocenters. The molecule has 1 fully saturated rings. The predicted octanol–water partition coefficient (Wildman–Crippen LogP) is 17.4. The van der Waals surface area contributed by atoms with E-state index >= 15 is 0 Å². The number of hydrogen-bond acceptors (Lipinski definition) is 2.